The van der Waals surface area contributed by atoms with E-state index in [1.165, 1.54) is 25.5 Å². The number of fused-ring (bicyclic) bond motifs is 1. The fourth-order valence-electron chi connectivity index (χ4n) is 2.55. The summed E-state index contributed by atoms with van der Waals surface area (Å²) in [6.45, 7) is 1.43. The van der Waals surface area contributed by atoms with Crippen molar-refractivity contribution < 1.29 is 8.42 Å². The third kappa shape index (κ3) is 2.32. The lowest BCUT2D eigenvalue weighted by Crippen LogP contribution is -2.41. The van der Waals surface area contributed by atoms with Gasteiger partial charge in [-0.1, -0.05) is 18.2 Å². The van der Waals surface area contributed by atoms with Gasteiger partial charge in [0.2, 0.25) is 10.0 Å². The topological polar surface area (TPSA) is 119 Å². The molecule has 7 nitrogen and oxygen atoms in total. The maximum absolute atomic E-state index is 12.4. The van der Waals surface area contributed by atoms with Crippen LogP contribution < -0.4 is 10.7 Å². The van der Waals surface area contributed by atoms with E-state index in [-0.39, 0.29) is 11.4 Å². The van der Waals surface area contributed by atoms with E-state index in [2.05, 4.69) is 15.0 Å². The summed E-state index contributed by atoms with van der Waals surface area (Å²) in [6.07, 6.45) is 4.24. The van der Waals surface area contributed by atoms with Crippen LogP contribution in [0, 0.1) is 0 Å². The number of rotatable bonds is 3. The number of hydrogen-bond acceptors (Lipinski definition) is 5. The molecule has 3 rings (SSSR count). The number of primary sulfonamides is 1. The van der Waals surface area contributed by atoms with Crippen LogP contribution in [-0.2, 0) is 14.8 Å². The minimum Gasteiger partial charge on any atom is -0.328 e. The molecule has 3 N–H and O–H groups in total. The SMILES string of the molecule is CC(c1ncccn1)(c1c[nH]c(=O)c2ccccc12)S(N)(=O)=O. The molecular weight excluding hydrogens is 316 g/mol. The summed E-state index contributed by atoms with van der Waals surface area (Å²) in [5.41, 5.74) is 0.0106. The first-order chi connectivity index (χ1) is 10.9. The van der Waals surface area contributed by atoms with Gasteiger partial charge in [-0.25, -0.2) is 23.5 Å². The van der Waals surface area contributed by atoms with Crippen LogP contribution in [0.15, 0.2) is 53.7 Å². The van der Waals surface area contributed by atoms with Crippen molar-refractivity contribution in [3.8, 4) is 0 Å². The van der Waals surface area contributed by atoms with Gasteiger partial charge < -0.3 is 4.98 Å². The number of nitrogens with two attached hydrogens (primary N) is 1. The zero-order valence-corrected chi connectivity index (χ0v) is 13.0. The van der Waals surface area contributed by atoms with E-state index in [4.69, 9.17) is 5.14 Å². The number of aromatic nitrogens is 3. The maximum Gasteiger partial charge on any atom is 0.255 e. The first-order valence-electron chi connectivity index (χ1n) is 6.76. The van der Waals surface area contributed by atoms with Crippen LogP contribution in [0.5, 0.6) is 0 Å². The smallest absolute Gasteiger partial charge is 0.255 e. The van der Waals surface area contributed by atoms with E-state index >= 15 is 0 Å². The Kier molecular flexibility index (Phi) is 3.50. The zero-order valence-electron chi connectivity index (χ0n) is 12.2. The summed E-state index contributed by atoms with van der Waals surface area (Å²) >= 11 is 0. The summed E-state index contributed by atoms with van der Waals surface area (Å²) in [5.74, 6) is 0.0414. The van der Waals surface area contributed by atoms with Crippen molar-refractivity contribution in [2.45, 2.75) is 11.7 Å². The molecule has 118 valence electrons. The Bertz CT molecular complexity index is 1030. The Labute approximate surface area is 132 Å². The van der Waals surface area contributed by atoms with Crippen LogP contribution in [0.25, 0.3) is 10.8 Å². The highest BCUT2D eigenvalue weighted by molar-refractivity contribution is 7.90. The average Bonchev–Trinajstić information content (AvgIpc) is 2.54. The van der Waals surface area contributed by atoms with Crippen LogP contribution in [0.1, 0.15) is 18.3 Å². The van der Waals surface area contributed by atoms with Gasteiger partial charge in [-0.05, 0) is 24.4 Å². The second-order valence-corrected chi connectivity index (χ2v) is 7.13. The largest absolute Gasteiger partial charge is 0.328 e. The first kappa shape index (κ1) is 15.3. The first-order valence-corrected chi connectivity index (χ1v) is 8.31. The van der Waals surface area contributed by atoms with Crippen LogP contribution in [0.3, 0.4) is 0 Å². The summed E-state index contributed by atoms with van der Waals surface area (Å²) in [6, 6.07) is 8.30. The average molecular weight is 330 g/mol. The molecule has 3 aromatic rings. The van der Waals surface area contributed by atoms with Crippen molar-refractivity contribution in [3.63, 3.8) is 0 Å². The molecule has 0 spiro atoms. The predicted octanol–water partition coefficient (Wildman–Crippen LogP) is 0.870. The van der Waals surface area contributed by atoms with Crippen LogP contribution in [-0.4, -0.2) is 23.4 Å². The van der Waals surface area contributed by atoms with E-state index < -0.39 is 14.8 Å². The fraction of sp³-hybridized carbons (Fsp3) is 0.133. The molecule has 1 atom stereocenters. The second kappa shape index (κ2) is 5.25. The number of H-pyrrole nitrogens is 1. The minimum absolute atomic E-state index is 0.0414. The van der Waals surface area contributed by atoms with E-state index in [0.29, 0.717) is 16.3 Å². The van der Waals surface area contributed by atoms with Crippen molar-refractivity contribution in [2.24, 2.45) is 5.14 Å². The number of sulfonamides is 1. The molecule has 0 aliphatic heterocycles. The van der Waals surface area contributed by atoms with Gasteiger partial charge in [0.15, 0.2) is 10.6 Å². The van der Waals surface area contributed by atoms with Crippen LogP contribution in [0.4, 0.5) is 0 Å². The highest BCUT2D eigenvalue weighted by atomic mass is 32.2. The van der Waals surface area contributed by atoms with Crippen LogP contribution in [0.2, 0.25) is 0 Å². The van der Waals surface area contributed by atoms with Gasteiger partial charge in [-0.3, -0.25) is 4.79 Å². The van der Waals surface area contributed by atoms with Crippen LogP contribution >= 0.6 is 0 Å². The molecule has 2 heterocycles. The molecular formula is C15H14N4O3S. The quantitative estimate of drug-likeness (QED) is 0.738. The molecule has 0 saturated carbocycles. The Morgan fingerprint density at radius 2 is 1.70 bits per heavy atom. The molecule has 0 fully saturated rings. The number of nitrogens with zero attached hydrogens (tertiary/aromatic N) is 2. The lowest BCUT2D eigenvalue weighted by atomic mass is 9.95. The third-order valence-corrected chi connectivity index (χ3v) is 5.43. The lowest BCUT2D eigenvalue weighted by Gasteiger charge is -2.26. The van der Waals surface area contributed by atoms with Crippen molar-refractivity contribution in [3.05, 3.63) is 70.7 Å². The van der Waals surface area contributed by atoms with Gasteiger partial charge in [0.1, 0.15) is 0 Å². The standard InChI is InChI=1S/C15H14N4O3S/c1-15(23(16,21)22,14-17-7-4-8-18-14)12-9-19-13(20)11-6-3-2-5-10(11)12/h2-9H,1H3,(H,19,20)(H2,16,21,22). The predicted molar refractivity (Wildman–Crippen MR) is 86.2 cm³/mol. The van der Waals surface area contributed by atoms with Crippen molar-refractivity contribution in [1.29, 1.82) is 0 Å². The molecule has 0 bridgehead atoms. The van der Waals surface area contributed by atoms with Crippen molar-refractivity contribution in [2.75, 3.05) is 0 Å². The molecule has 0 amide bonds. The monoisotopic (exact) mass is 330 g/mol. The van der Waals surface area contributed by atoms with E-state index in [1.54, 1.807) is 30.3 Å². The normalized spacial score (nSPS) is 14.5. The van der Waals surface area contributed by atoms with Crippen molar-refractivity contribution in [1.82, 2.24) is 15.0 Å². The number of hydrogen-bond donors (Lipinski definition) is 2. The Morgan fingerprint density at radius 3 is 2.30 bits per heavy atom. The number of nitrogens with one attached hydrogen (secondary N) is 1. The van der Waals surface area contributed by atoms with Gasteiger partial charge in [-0.2, -0.15) is 0 Å². The van der Waals surface area contributed by atoms with E-state index in [9.17, 15) is 13.2 Å². The second-order valence-electron chi connectivity index (χ2n) is 5.23. The fourth-order valence-corrected chi connectivity index (χ4v) is 3.39. The molecule has 1 aromatic carbocycles. The highest BCUT2D eigenvalue weighted by Crippen LogP contribution is 2.36. The Morgan fingerprint density at radius 1 is 1.09 bits per heavy atom. The molecule has 1 unspecified atom stereocenters. The molecule has 0 aliphatic rings. The molecule has 0 saturated heterocycles. The minimum atomic E-state index is -4.12. The number of pyridine rings is 1. The molecule has 23 heavy (non-hydrogen) atoms. The summed E-state index contributed by atoms with van der Waals surface area (Å²) < 4.78 is 23.1. The third-order valence-electron chi connectivity index (χ3n) is 3.88. The Balaban J connectivity index is 2.46. The van der Waals surface area contributed by atoms with E-state index in [1.807, 2.05) is 0 Å². The van der Waals surface area contributed by atoms with Gasteiger partial charge >= 0.3 is 0 Å². The Hall–Kier alpha value is -2.58. The van der Waals surface area contributed by atoms with Gasteiger partial charge in [-0.15, -0.1) is 0 Å². The van der Waals surface area contributed by atoms with Gasteiger partial charge in [0.25, 0.3) is 5.56 Å². The molecule has 8 heteroatoms. The summed E-state index contributed by atoms with van der Waals surface area (Å²) in [5, 5.41) is 6.36. The lowest BCUT2D eigenvalue weighted by molar-refractivity contribution is 0.558. The van der Waals surface area contributed by atoms with Gasteiger partial charge in [0.05, 0.1) is 0 Å². The van der Waals surface area contributed by atoms with E-state index in [0.717, 1.165) is 0 Å². The highest BCUT2D eigenvalue weighted by Gasteiger charge is 2.44. The zero-order chi connectivity index (χ0) is 16.7. The molecule has 0 radical (unpaired) electrons. The summed E-state index contributed by atoms with van der Waals surface area (Å²) in [4.78, 5) is 22.7. The number of benzene rings is 1. The molecule has 0 aliphatic carbocycles. The van der Waals surface area contributed by atoms with Gasteiger partial charge in [0, 0.05) is 29.5 Å². The summed E-state index contributed by atoms with van der Waals surface area (Å²) in [7, 11) is -4.12. The molecule has 2 aromatic heterocycles. The van der Waals surface area contributed by atoms with Crippen molar-refractivity contribution >= 4 is 20.8 Å². The maximum atomic E-state index is 12.4. The number of aromatic amines is 1.